The van der Waals surface area contributed by atoms with Crippen molar-refractivity contribution < 1.29 is 38.1 Å². The average molecular weight is 413 g/mol. The van der Waals surface area contributed by atoms with Crippen LogP contribution in [0.3, 0.4) is 0 Å². The van der Waals surface area contributed by atoms with Gasteiger partial charge in [0.2, 0.25) is 0 Å². The van der Waals surface area contributed by atoms with Gasteiger partial charge in [-0.1, -0.05) is 6.07 Å². The van der Waals surface area contributed by atoms with Crippen molar-refractivity contribution in [1.29, 1.82) is 0 Å². The van der Waals surface area contributed by atoms with Crippen LogP contribution in [0.25, 0.3) is 6.08 Å². The van der Waals surface area contributed by atoms with Crippen molar-refractivity contribution in [2.24, 2.45) is 0 Å². The molecule has 1 aliphatic rings. The number of methoxy groups -OCH3 is 1. The number of rotatable bonds is 6. The molecule has 154 valence electrons. The van der Waals surface area contributed by atoms with Crippen LogP contribution in [-0.4, -0.2) is 37.5 Å². The summed E-state index contributed by atoms with van der Waals surface area (Å²) in [7, 11) is 1.32. The topological polar surface area (TPSA) is 125 Å². The summed E-state index contributed by atoms with van der Waals surface area (Å²) < 4.78 is 23.3. The molecule has 0 aliphatic carbocycles. The lowest BCUT2D eigenvalue weighted by atomic mass is 10.1. The molecule has 2 aromatic rings. The van der Waals surface area contributed by atoms with Crippen molar-refractivity contribution in [3.8, 4) is 11.5 Å². The summed E-state index contributed by atoms with van der Waals surface area (Å²) in [5.41, 5.74) is 0.0878. The predicted molar refractivity (Wildman–Crippen MR) is 98.9 cm³/mol. The first-order valence-corrected chi connectivity index (χ1v) is 8.48. The fraction of sp³-hybridized carbons (Fsp3) is 0.100. The maximum Gasteiger partial charge on any atom is 0.335 e. The Morgan fingerprint density at radius 3 is 2.47 bits per heavy atom. The number of hydrogen-bond acceptors (Lipinski definition) is 7. The normalized spacial score (nSPS) is 15.2. The van der Waals surface area contributed by atoms with Gasteiger partial charge in [-0.2, -0.15) is 0 Å². The Balaban J connectivity index is 1.94. The van der Waals surface area contributed by atoms with Gasteiger partial charge in [-0.05, 0) is 48.0 Å². The molecule has 0 saturated carbocycles. The standard InChI is InChI=1S/C20H15FN2O7/c1-29-16-9-11(2-7-15(16)30-10-17(24)25)8-14-18(26)22-20(28)23(19(14)27)13-5-3-12(21)4-6-13/h2-9H,10H2,1H3,(H,24,25)(H,22,26,28)/p-1/b14-8+. The largest absolute Gasteiger partial charge is 0.546 e. The summed E-state index contributed by atoms with van der Waals surface area (Å²) in [5.74, 6) is -3.50. The Bertz CT molecular complexity index is 1060. The van der Waals surface area contributed by atoms with Crippen LogP contribution in [0, 0.1) is 5.82 Å². The van der Waals surface area contributed by atoms with Gasteiger partial charge in [0.1, 0.15) is 18.0 Å². The molecule has 1 saturated heterocycles. The van der Waals surface area contributed by atoms with Crippen LogP contribution in [0.15, 0.2) is 48.0 Å². The van der Waals surface area contributed by atoms with Crippen molar-refractivity contribution in [2.75, 3.05) is 18.6 Å². The molecular formula is C20H14FN2O7-. The molecule has 1 heterocycles. The molecule has 0 unspecified atom stereocenters. The first kappa shape index (κ1) is 20.5. The van der Waals surface area contributed by atoms with Crippen molar-refractivity contribution in [3.63, 3.8) is 0 Å². The van der Waals surface area contributed by atoms with Crippen LogP contribution in [0.4, 0.5) is 14.9 Å². The highest BCUT2D eigenvalue weighted by Crippen LogP contribution is 2.30. The van der Waals surface area contributed by atoms with Crippen molar-refractivity contribution in [2.45, 2.75) is 0 Å². The van der Waals surface area contributed by atoms with E-state index >= 15 is 0 Å². The number of aliphatic carboxylic acids is 1. The van der Waals surface area contributed by atoms with Crippen LogP contribution in [0.2, 0.25) is 0 Å². The number of halogens is 1. The van der Waals surface area contributed by atoms with Gasteiger partial charge >= 0.3 is 6.03 Å². The highest BCUT2D eigenvalue weighted by molar-refractivity contribution is 6.39. The minimum absolute atomic E-state index is 0.0842. The Morgan fingerprint density at radius 1 is 1.13 bits per heavy atom. The lowest BCUT2D eigenvalue weighted by Crippen LogP contribution is -2.54. The molecule has 0 spiro atoms. The van der Waals surface area contributed by atoms with E-state index in [4.69, 9.17) is 9.47 Å². The van der Waals surface area contributed by atoms with Gasteiger partial charge in [-0.3, -0.25) is 14.9 Å². The maximum absolute atomic E-state index is 13.1. The number of carboxylic acids is 1. The zero-order valence-corrected chi connectivity index (χ0v) is 15.5. The van der Waals surface area contributed by atoms with Gasteiger partial charge in [0.15, 0.2) is 11.5 Å². The number of carbonyl (C=O) groups is 4. The van der Waals surface area contributed by atoms with Gasteiger partial charge < -0.3 is 19.4 Å². The van der Waals surface area contributed by atoms with E-state index in [1.165, 1.54) is 43.5 Å². The summed E-state index contributed by atoms with van der Waals surface area (Å²) >= 11 is 0. The van der Waals surface area contributed by atoms with Gasteiger partial charge in [0, 0.05) is 0 Å². The smallest absolute Gasteiger partial charge is 0.335 e. The van der Waals surface area contributed by atoms with Crippen LogP contribution >= 0.6 is 0 Å². The number of nitrogens with zero attached hydrogens (tertiary/aromatic N) is 1. The fourth-order valence-electron chi connectivity index (χ4n) is 2.68. The predicted octanol–water partition coefficient (Wildman–Crippen LogP) is 0.629. The van der Waals surface area contributed by atoms with Crippen molar-refractivity contribution in [3.05, 3.63) is 59.4 Å². The lowest BCUT2D eigenvalue weighted by Gasteiger charge is -2.26. The monoisotopic (exact) mass is 413 g/mol. The van der Waals surface area contributed by atoms with E-state index < -0.39 is 36.2 Å². The number of benzene rings is 2. The van der Waals surface area contributed by atoms with Crippen LogP contribution in [-0.2, 0) is 14.4 Å². The van der Waals surface area contributed by atoms with E-state index in [1.54, 1.807) is 0 Å². The van der Waals surface area contributed by atoms with E-state index in [1.807, 2.05) is 0 Å². The Hall–Kier alpha value is -4.21. The number of urea groups is 1. The third-order valence-electron chi connectivity index (χ3n) is 4.03. The molecule has 3 rings (SSSR count). The fourth-order valence-corrected chi connectivity index (χ4v) is 2.68. The van der Waals surface area contributed by atoms with Crippen LogP contribution in [0.1, 0.15) is 5.56 Å². The van der Waals surface area contributed by atoms with E-state index in [9.17, 15) is 28.7 Å². The van der Waals surface area contributed by atoms with Crippen LogP contribution < -0.4 is 24.8 Å². The molecular weight excluding hydrogens is 399 g/mol. The molecule has 0 atom stereocenters. The van der Waals surface area contributed by atoms with Gasteiger partial charge in [-0.25, -0.2) is 14.1 Å². The molecule has 10 heteroatoms. The lowest BCUT2D eigenvalue weighted by molar-refractivity contribution is -0.307. The Kier molecular flexibility index (Phi) is 5.77. The van der Waals surface area contributed by atoms with Gasteiger partial charge in [-0.15, -0.1) is 0 Å². The van der Waals surface area contributed by atoms with E-state index in [-0.39, 0.29) is 22.8 Å². The van der Waals surface area contributed by atoms with E-state index in [2.05, 4.69) is 5.32 Å². The number of anilines is 1. The third kappa shape index (κ3) is 4.27. The SMILES string of the molecule is COc1cc(/C=C2\C(=O)NC(=O)N(c3ccc(F)cc3)C2=O)ccc1OCC(=O)[O-]. The molecule has 2 aromatic carbocycles. The summed E-state index contributed by atoms with van der Waals surface area (Å²) in [6.07, 6.45) is 1.23. The van der Waals surface area contributed by atoms with Crippen molar-refractivity contribution in [1.82, 2.24) is 5.32 Å². The number of imide groups is 2. The minimum atomic E-state index is -1.42. The number of carbonyl (C=O) groups excluding carboxylic acids is 4. The highest BCUT2D eigenvalue weighted by Gasteiger charge is 2.36. The zero-order valence-electron chi connectivity index (χ0n) is 15.5. The molecule has 0 radical (unpaired) electrons. The summed E-state index contributed by atoms with van der Waals surface area (Å²) in [4.78, 5) is 48.4. The summed E-state index contributed by atoms with van der Waals surface area (Å²) in [6.45, 7) is -0.688. The molecule has 0 bridgehead atoms. The van der Waals surface area contributed by atoms with E-state index in [0.717, 1.165) is 12.1 Å². The summed E-state index contributed by atoms with van der Waals surface area (Å²) in [5, 5.41) is 12.6. The first-order valence-electron chi connectivity index (χ1n) is 8.48. The quantitative estimate of drug-likeness (QED) is 0.544. The molecule has 1 N–H and O–H groups in total. The first-order chi connectivity index (χ1) is 14.3. The molecule has 4 amide bonds. The second kappa shape index (κ2) is 8.43. The number of amides is 4. The number of carboxylic acid groups (broad SMARTS) is 1. The maximum atomic E-state index is 13.1. The number of barbiturate groups is 1. The number of hydrogen-bond donors (Lipinski definition) is 1. The third-order valence-corrected chi connectivity index (χ3v) is 4.03. The van der Waals surface area contributed by atoms with Crippen molar-refractivity contribution >= 4 is 35.6 Å². The molecule has 1 fully saturated rings. The second-order valence-electron chi connectivity index (χ2n) is 6.01. The molecule has 1 aliphatic heterocycles. The average Bonchev–Trinajstić information content (AvgIpc) is 2.71. The Labute approximate surface area is 169 Å². The van der Waals surface area contributed by atoms with E-state index in [0.29, 0.717) is 10.5 Å². The minimum Gasteiger partial charge on any atom is -0.546 e. The summed E-state index contributed by atoms with van der Waals surface area (Å²) in [6, 6.07) is 7.91. The van der Waals surface area contributed by atoms with Gasteiger partial charge in [0.25, 0.3) is 11.8 Å². The number of ether oxygens (including phenoxy) is 2. The molecule has 9 nitrogen and oxygen atoms in total. The second-order valence-corrected chi connectivity index (χ2v) is 6.01. The molecule has 0 aromatic heterocycles. The van der Waals surface area contributed by atoms with Crippen LogP contribution in [0.5, 0.6) is 11.5 Å². The van der Waals surface area contributed by atoms with Gasteiger partial charge in [0.05, 0.1) is 18.8 Å². The zero-order chi connectivity index (χ0) is 21.8. The Morgan fingerprint density at radius 2 is 1.83 bits per heavy atom. The molecule has 30 heavy (non-hydrogen) atoms. The highest BCUT2D eigenvalue weighted by atomic mass is 19.1. The number of nitrogens with one attached hydrogen (secondary N) is 1.